The van der Waals surface area contributed by atoms with Crippen LogP contribution in [0, 0.1) is 5.92 Å². The molecule has 0 aliphatic carbocycles. The number of benzene rings is 2. The Hall–Kier alpha value is -2.23. The molecule has 0 aliphatic rings. The molecule has 0 unspecified atom stereocenters. The summed E-state index contributed by atoms with van der Waals surface area (Å²) in [5.74, 6) is 1.81. The molecule has 0 bridgehead atoms. The van der Waals surface area contributed by atoms with Crippen molar-refractivity contribution in [1.29, 1.82) is 0 Å². The molecule has 0 aliphatic heterocycles. The van der Waals surface area contributed by atoms with E-state index < -0.39 is 0 Å². The van der Waals surface area contributed by atoms with Crippen LogP contribution in [0.4, 0.5) is 0 Å². The number of fused-ring (bicyclic) bond motifs is 1. The number of rotatable bonds is 6. The van der Waals surface area contributed by atoms with E-state index in [9.17, 15) is 4.79 Å². The molecule has 1 N–H and O–H groups in total. The van der Waals surface area contributed by atoms with Gasteiger partial charge in [-0.05, 0) is 41.0 Å². The third-order valence-corrected chi connectivity index (χ3v) is 3.10. The number of carbonyl (C=O) groups is 1. The highest BCUT2D eigenvalue weighted by molar-refractivity contribution is 5.85. The van der Waals surface area contributed by atoms with E-state index in [2.05, 4.69) is 19.2 Å². The van der Waals surface area contributed by atoms with Crippen molar-refractivity contribution >= 4 is 16.7 Å². The Morgan fingerprint density at radius 2 is 1.76 bits per heavy atom. The summed E-state index contributed by atoms with van der Waals surface area (Å²) in [7, 11) is 1.64. The number of hydrogen-bond donors (Lipinski definition) is 1. The lowest BCUT2D eigenvalue weighted by molar-refractivity contribution is -0.123. The highest BCUT2D eigenvalue weighted by atomic mass is 16.5. The lowest BCUT2D eigenvalue weighted by atomic mass is 10.1. The summed E-state index contributed by atoms with van der Waals surface area (Å²) in [5, 5.41) is 4.95. The molecule has 21 heavy (non-hydrogen) atoms. The second kappa shape index (κ2) is 6.97. The molecular weight excluding hydrogens is 266 g/mol. The van der Waals surface area contributed by atoms with Gasteiger partial charge in [-0.1, -0.05) is 26.0 Å². The molecule has 0 heterocycles. The van der Waals surface area contributed by atoms with E-state index in [0.29, 0.717) is 18.2 Å². The molecule has 0 fully saturated rings. The number of methoxy groups -OCH3 is 1. The molecule has 112 valence electrons. The van der Waals surface area contributed by atoms with Gasteiger partial charge >= 0.3 is 0 Å². The first-order chi connectivity index (χ1) is 10.1. The lowest BCUT2D eigenvalue weighted by Crippen LogP contribution is -2.31. The fourth-order valence-corrected chi connectivity index (χ4v) is 1.94. The summed E-state index contributed by atoms with van der Waals surface area (Å²) in [4.78, 5) is 11.6. The van der Waals surface area contributed by atoms with Crippen LogP contribution in [0.25, 0.3) is 10.8 Å². The van der Waals surface area contributed by atoms with Crippen molar-refractivity contribution in [3.8, 4) is 11.5 Å². The van der Waals surface area contributed by atoms with Crippen molar-refractivity contribution in [3.63, 3.8) is 0 Å². The third-order valence-electron chi connectivity index (χ3n) is 3.10. The van der Waals surface area contributed by atoms with Crippen LogP contribution in [0.1, 0.15) is 13.8 Å². The van der Waals surface area contributed by atoms with Crippen LogP contribution in [-0.4, -0.2) is 26.2 Å². The Morgan fingerprint density at radius 1 is 1.10 bits per heavy atom. The minimum absolute atomic E-state index is 0.0300. The van der Waals surface area contributed by atoms with Crippen LogP contribution in [-0.2, 0) is 4.79 Å². The van der Waals surface area contributed by atoms with Gasteiger partial charge in [0.05, 0.1) is 7.11 Å². The number of nitrogens with one attached hydrogen (secondary N) is 1. The van der Waals surface area contributed by atoms with Gasteiger partial charge in [0.15, 0.2) is 6.61 Å². The molecule has 0 saturated heterocycles. The Kier molecular flexibility index (Phi) is 5.04. The van der Waals surface area contributed by atoms with Gasteiger partial charge in [-0.2, -0.15) is 0 Å². The minimum Gasteiger partial charge on any atom is -0.497 e. The van der Waals surface area contributed by atoms with Gasteiger partial charge in [0.1, 0.15) is 11.5 Å². The van der Waals surface area contributed by atoms with Crippen molar-refractivity contribution in [3.05, 3.63) is 36.4 Å². The monoisotopic (exact) mass is 287 g/mol. The van der Waals surface area contributed by atoms with Crippen LogP contribution < -0.4 is 14.8 Å². The van der Waals surface area contributed by atoms with Crippen molar-refractivity contribution in [2.75, 3.05) is 20.3 Å². The summed E-state index contributed by atoms with van der Waals surface area (Å²) in [5.41, 5.74) is 0. The Morgan fingerprint density at radius 3 is 2.43 bits per heavy atom. The first kappa shape index (κ1) is 15.2. The van der Waals surface area contributed by atoms with Crippen molar-refractivity contribution in [2.24, 2.45) is 5.92 Å². The largest absolute Gasteiger partial charge is 0.497 e. The van der Waals surface area contributed by atoms with Crippen molar-refractivity contribution in [2.45, 2.75) is 13.8 Å². The second-order valence-corrected chi connectivity index (χ2v) is 5.36. The summed E-state index contributed by atoms with van der Waals surface area (Å²) in [6, 6.07) is 11.6. The smallest absolute Gasteiger partial charge is 0.257 e. The molecule has 2 aromatic carbocycles. The molecule has 0 saturated carbocycles. The van der Waals surface area contributed by atoms with E-state index >= 15 is 0 Å². The fraction of sp³-hybridized carbons (Fsp3) is 0.353. The summed E-state index contributed by atoms with van der Waals surface area (Å²) >= 11 is 0. The van der Waals surface area contributed by atoms with Gasteiger partial charge in [0, 0.05) is 6.54 Å². The third kappa shape index (κ3) is 4.38. The number of ether oxygens (including phenoxy) is 2. The maximum atomic E-state index is 11.6. The van der Waals surface area contributed by atoms with Gasteiger partial charge < -0.3 is 14.8 Å². The lowest BCUT2D eigenvalue weighted by Gasteiger charge is -2.10. The Labute approximate surface area is 125 Å². The molecule has 0 atom stereocenters. The molecule has 0 spiro atoms. The molecule has 2 rings (SSSR count). The topological polar surface area (TPSA) is 47.6 Å². The average molecular weight is 287 g/mol. The van der Waals surface area contributed by atoms with Gasteiger partial charge in [0.2, 0.25) is 0 Å². The van der Waals surface area contributed by atoms with E-state index in [0.717, 1.165) is 16.5 Å². The molecule has 4 heteroatoms. The van der Waals surface area contributed by atoms with Crippen LogP contribution in [0.5, 0.6) is 11.5 Å². The fourth-order valence-electron chi connectivity index (χ4n) is 1.94. The second-order valence-electron chi connectivity index (χ2n) is 5.36. The maximum absolute atomic E-state index is 11.6. The molecule has 0 radical (unpaired) electrons. The Bertz CT molecular complexity index is 622. The predicted molar refractivity (Wildman–Crippen MR) is 83.8 cm³/mol. The zero-order chi connectivity index (χ0) is 15.2. The first-order valence-corrected chi connectivity index (χ1v) is 7.06. The predicted octanol–water partition coefficient (Wildman–Crippen LogP) is 3.00. The average Bonchev–Trinajstić information content (AvgIpc) is 2.50. The van der Waals surface area contributed by atoms with Gasteiger partial charge in [-0.15, -0.1) is 0 Å². The summed E-state index contributed by atoms with van der Waals surface area (Å²) < 4.78 is 10.7. The van der Waals surface area contributed by atoms with Gasteiger partial charge in [-0.3, -0.25) is 4.79 Å². The minimum atomic E-state index is -0.102. The van der Waals surface area contributed by atoms with E-state index in [1.165, 1.54) is 0 Å². The van der Waals surface area contributed by atoms with Crippen LogP contribution in [0.2, 0.25) is 0 Å². The van der Waals surface area contributed by atoms with E-state index in [-0.39, 0.29) is 12.5 Å². The zero-order valence-corrected chi connectivity index (χ0v) is 12.7. The maximum Gasteiger partial charge on any atom is 0.257 e. The first-order valence-electron chi connectivity index (χ1n) is 7.06. The Balaban J connectivity index is 2.00. The molecule has 2 aromatic rings. The van der Waals surface area contributed by atoms with Crippen LogP contribution >= 0.6 is 0 Å². The van der Waals surface area contributed by atoms with Crippen LogP contribution in [0.15, 0.2) is 36.4 Å². The molecule has 4 nitrogen and oxygen atoms in total. The number of carbonyl (C=O) groups excluding carboxylic acids is 1. The highest BCUT2D eigenvalue weighted by Gasteiger charge is 2.04. The molecular formula is C17H21NO3. The van der Waals surface area contributed by atoms with E-state index in [1.807, 2.05) is 36.4 Å². The molecule has 1 amide bonds. The molecule has 0 aromatic heterocycles. The highest BCUT2D eigenvalue weighted by Crippen LogP contribution is 2.24. The zero-order valence-electron chi connectivity index (χ0n) is 12.7. The quantitative estimate of drug-likeness (QED) is 0.888. The normalized spacial score (nSPS) is 10.7. The summed E-state index contributed by atoms with van der Waals surface area (Å²) in [6.07, 6.45) is 0. The van der Waals surface area contributed by atoms with Crippen molar-refractivity contribution < 1.29 is 14.3 Å². The standard InChI is InChI=1S/C17H21NO3/c1-12(2)10-18-17(19)11-21-16-7-5-13-4-6-15(20-3)8-14(13)9-16/h4-9,12H,10-11H2,1-3H3,(H,18,19). The van der Waals surface area contributed by atoms with E-state index in [4.69, 9.17) is 9.47 Å². The number of hydrogen-bond acceptors (Lipinski definition) is 3. The van der Waals surface area contributed by atoms with E-state index in [1.54, 1.807) is 7.11 Å². The summed E-state index contributed by atoms with van der Waals surface area (Å²) in [6.45, 7) is 4.80. The van der Waals surface area contributed by atoms with Gasteiger partial charge in [-0.25, -0.2) is 0 Å². The van der Waals surface area contributed by atoms with Crippen LogP contribution in [0.3, 0.4) is 0 Å². The van der Waals surface area contributed by atoms with Gasteiger partial charge in [0.25, 0.3) is 5.91 Å². The van der Waals surface area contributed by atoms with Crippen molar-refractivity contribution in [1.82, 2.24) is 5.32 Å². The number of amides is 1. The SMILES string of the molecule is COc1ccc2ccc(OCC(=O)NCC(C)C)cc2c1.